The van der Waals surface area contributed by atoms with Crippen LogP contribution in [-0.4, -0.2) is 99.8 Å². The van der Waals surface area contributed by atoms with E-state index in [1.165, 1.54) is 9.87 Å². The second-order valence-electron chi connectivity index (χ2n) is 9.99. The maximum Gasteiger partial charge on any atom is 0.254 e. The van der Waals surface area contributed by atoms with E-state index in [2.05, 4.69) is 29.8 Å². The molecule has 0 unspecified atom stereocenters. The summed E-state index contributed by atoms with van der Waals surface area (Å²) < 4.78 is 31.8. The Bertz CT molecular complexity index is 1320. The highest BCUT2D eigenvalue weighted by molar-refractivity contribution is 7.93. The minimum absolute atomic E-state index is 0.0835. The Morgan fingerprint density at radius 3 is 2.24 bits per heavy atom. The molecule has 11 heteroatoms. The van der Waals surface area contributed by atoms with Crippen LogP contribution in [0.2, 0.25) is 0 Å². The Morgan fingerprint density at radius 2 is 1.61 bits per heavy atom. The van der Waals surface area contributed by atoms with Crippen LogP contribution < -0.4 is 9.21 Å². The smallest absolute Gasteiger partial charge is 0.254 e. The molecule has 1 aromatic heterocycles. The van der Waals surface area contributed by atoms with Crippen molar-refractivity contribution in [2.24, 2.45) is 0 Å². The van der Waals surface area contributed by atoms with Gasteiger partial charge in [0.1, 0.15) is 5.82 Å². The van der Waals surface area contributed by atoms with E-state index in [-0.39, 0.29) is 23.1 Å². The number of aryl methyl sites for hydroxylation is 2. The van der Waals surface area contributed by atoms with Crippen LogP contribution in [0.25, 0.3) is 0 Å². The number of nitrogens with zero attached hydrogens (tertiary/aromatic N) is 5. The molecular weight excluding hydrogens is 506 g/mol. The van der Waals surface area contributed by atoms with Gasteiger partial charge in [0, 0.05) is 52.0 Å². The van der Waals surface area contributed by atoms with E-state index in [1.54, 1.807) is 28.0 Å². The lowest BCUT2D eigenvalue weighted by atomic mass is 10.0. The van der Waals surface area contributed by atoms with Crippen LogP contribution in [0, 0.1) is 6.92 Å². The Labute approximate surface area is 224 Å². The first-order valence-electron chi connectivity index (χ1n) is 13.3. The van der Waals surface area contributed by atoms with Crippen LogP contribution in [0.15, 0.2) is 30.5 Å². The van der Waals surface area contributed by atoms with Crippen LogP contribution >= 0.6 is 0 Å². The third-order valence-corrected chi connectivity index (χ3v) is 9.40. The van der Waals surface area contributed by atoms with E-state index in [0.29, 0.717) is 76.7 Å². The molecule has 3 fully saturated rings. The molecule has 2 aromatic rings. The summed E-state index contributed by atoms with van der Waals surface area (Å²) in [6.45, 7) is 8.56. The first-order valence-corrected chi connectivity index (χ1v) is 14.9. The quantitative estimate of drug-likeness (QED) is 0.570. The molecule has 0 spiro atoms. The first kappa shape index (κ1) is 26.4. The molecule has 3 aliphatic rings. The van der Waals surface area contributed by atoms with Crippen molar-refractivity contribution in [3.05, 3.63) is 52.7 Å². The maximum atomic E-state index is 13.7. The van der Waals surface area contributed by atoms with E-state index in [9.17, 15) is 18.0 Å². The molecule has 0 saturated carbocycles. The predicted molar refractivity (Wildman–Crippen MR) is 145 cm³/mol. The topological polar surface area (TPSA) is 103 Å². The molecule has 0 N–H and O–H groups in total. The second-order valence-corrected chi connectivity index (χ2v) is 12.0. The van der Waals surface area contributed by atoms with Crippen molar-refractivity contribution < 1.29 is 22.7 Å². The maximum absolute atomic E-state index is 13.7. The van der Waals surface area contributed by atoms with Gasteiger partial charge in [-0.2, -0.15) is 0 Å². The highest BCUT2D eigenvalue weighted by Crippen LogP contribution is 2.29. The molecule has 0 radical (unpaired) electrons. The third-order valence-electron chi connectivity index (χ3n) is 7.53. The summed E-state index contributed by atoms with van der Waals surface area (Å²) in [4.78, 5) is 37.6. The lowest BCUT2D eigenvalue weighted by Gasteiger charge is -2.36. The molecule has 5 rings (SSSR count). The number of anilines is 2. The Kier molecular flexibility index (Phi) is 7.58. The van der Waals surface area contributed by atoms with Crippen molar-refractivity contribution in [1.29, 1.82) is 0 Å². The lowest BCUT2D eigenvalue weighted by molar-refractivity contribution is 0.0301. The van der Waals surface area contributed by atoms with Crippen molar-refractivity contribution in [2.45, 2.75) is 26.7 Å². The number of hydrogen-bond donors (Lipinski definition) is 0. The van der Waals surface area contributed by atoms with Gasteiger partial charge in [0.25, 0.3) is 11.8 Å². The SMILES string of the molecule is CCc1cnc(N2CCN(C(=O)c3ccc(N4CCCS4(=O)=O)cc3C(=O)N3CCOCC3)CC2)c(C)c1. The van der Waals surface area contributed by atoms with Gasteiger partial charge in [-0.15, -0.1) is 0 Å². The molecule has 10 nitrogen and oxygen atoms in total. The molecule has 3 saturated heterocycles. The third kappa shape index (κ3) is 5.22. The molecule has 0 aliphatic carbocycles. The van der Waals surface area contributed by atoms with Gasteiger partial charge in [-0.1, -0.05) is 13.0 Å². The van der Waals surface area contributed by atoms with E-state index in [0.717, 1.165) is 17.8 Å². The zero-order chi connectivity index (χ0) is 26.9. The fourth-order valence-corrected chi connectivity index (χ4v) is 6.92. The summed E-state index contributed by atoms with van der Waals surface area (Å²) >= 11 is 0. The fourth-order valence-electron chi connectivity index (χ4n) is 5.36. The van der Waals surface area contributed by atoms with Gasteiger partial charge in [-0.05, 0) is 49.1 Å². The van der Waals surface area contributed by atoms with Crippen molar-refractivity contribution in [3.8, 4) is 0 Å². The van der Waals surface area contributed by atoms with Crippen LogP contribution in [-0.2, 0) is 21.2 Å². The number of hydrogen-bond acceptors (Lipinski definition) is 7. The van der Waals surface area contributed by atoms with E-state index in [1.807, 2.05) is 6.20 Å². The number of carbonyl (C=O) groups is 2. The lowest BCUT2D eigenvalue weighted by Crippen LogP contribution is -2.49. The highest BCUT2D eigenvalue weighted by Gasteiger charge is 2.32. The first-order chi connectivity index (χ1) is 18.3. The summed E-state index contributed by atoms with van der Waals surface area (Å²) in [5.41, 5.74) is 3.29. The molecule has 204 valence electrons. The number of amides is 2. The van der Waals surface area contributed by atoms with E-state index < -0.39 is 10.0 Å². The zero-order valence-corrected chi connectivity index (χ0v) is 22.9. The number of rotatable bonds is 5. The fraction of sp³-hybridized carbons (Fsp3) is 0.519. The molecule has 0 atom stereocenters. The van der Waals surface area contributed by atoms with Gasteiger partial charge in [0.05, 0.1) is 35.8 Å². The number of piperazine rings is 1. The molecule has 4 heterocycles. The number of pyridine rings is 1. The number of morpholine rings is 1. The minimum Gasteiger partial charge on any atom is -0.378 e. The average molecular weight is 542 g/mol. The molecular formula is C27H35N5O5S. The number of benzene rings is 1. The zero-order valence-electron chi connectivity index (χ0n) is 22.1. The summed E-state index contributed by atoms with van der Waals surface area (Å²) in [5, 5.41) is 0. The Morgan fingerprint density at radius 1 is 0.921 bits per heavy atom. The van der Waals surface area contributed by atoms with Crippen molar-refractivity contribution in [1.82, 2.24) is 14.8 Å². The summed E-state index contributed by atoms with van der Waals surface area (Å²) in [6, 6.07) is 6.99. The molecule has 38 heavy (non-hydrogen) atoms. The van der Waals surface area contributed by atoms with Gasteiger partial charge < -0.3 is 19.4 Å². The van der Waals surface area contributed by atoms with Crippen LogP contribution in [0.1, 0.15) is 45.2 Å². The highest BCUT2D eigenvalue weighted by atomic mass is 32.2. The number of carbonyl (C=O) groups excluding carboxylic acids is 2. The van der Waals surface area contributed by atoms with Crippen molar-refractivity contribution >= 4 is 33.3 Å². The predicted octanol–water partition coefficient (Wildman–Crippen LogP) is 1.93. The number of ether oxygens (including phenoxy) is 1. The van der Waals surface area contributed by atoms with Crippen LogP contribution in [0.3, 0.4) is 0 Å². The summed E-state index contributed by atoms with van der Waals surface area (Å²) in [7, 11) is -3.42. The summed E-state index contributed by atoms with van der Waals surface area (Å²) in [5.74, 6) is 0.529. The van der Waals surface area contributed by atoms with Gasteiger partial charge >= 0.3 is 0 Å². The minimum atomic E-state index is -3.42. The normalized spacial score (nSPS) is 19.6. The van der Waals surface area contributed by atoms with Crippen LogP contribution in [0.5, 0.6) is 0 Å². The second kappa shape index (κ2) is 10.9. The van der Waals surface area contributed by atoms with Crippen molar-refractivity contribution in [3.63, 3.8) is 0 Å². The van der Waals surface area contributed by atoms with Gasteiger partial charge in [-0.25, -0.2) is 13.4 Å². The van der Waals surface area contributed by atoms with Gasteiger partial charge in [0.15, 0.2) is 0 Å². The number of aromatic nitrogens is 1. The molecule has 2 amide bonds. The van der Waals surface area contributed by atoms with E-state index in [4.69, 9.17) is 4.74 Å². The number of sulfonamides is 1. The standard InChI is InChI=1S/C27H35N5O5S/c1-3-21-17-20(2)25(28-19-21)29-8-10-30(11-9-29)26(33)23-6-5-22(32-7-4-16-38(32,35)36)18-24(23)27(34)31-12-14-37-15-13-31/h5-6,17-19H,3-4,7-16H2,1-2H3. The van der Waals surface area contributed by atoms with Gasteiger partial charge in [-0.3, -0.25) is 13.9 Å². The molecule has 1 aromatic carbocycles. The van der Waals surface area contributed by atoms with Gasteiger partial charge in [0.2, 0.25) is 10.0 Å². The van der Waals surface area contributed by atoms with E-state index >= 15 is 0 Å². The summed E-state index contributed by atoms with van der Waals surface area (Å²) in [6.07, 6.45) is 3.38. The largest absolute Gasteiger partial charge is 0.378 e. The Balaban J connectivity index is 1.38. The molecule has 3 aliphatic heterocycles. The molecule has 0 bridgehead atoms. The van der Waals surface area contributed by atoms with Crippen molar-refractivity contribution in [2.75, 3.05) is 74.0 Å². The average Bonchev–Trinajstić information content (AvgIpc) is 3.31. The van der Waals surface area contributed by atoms with Crippen LogP contribution in [0.4, 0.5) is 11.5 Å². The monoisotopic (exact) mass is 541 g/mol. The Hall–Kier alpha value is -3.18.